The Morgan fingerprint density at radius 2 is 1.69 bits per heavy atom. The number of benzene rings is 3. The Balaban J connectivity index is 1.18. The van der Waals surface area contributed by atoms with Gasteiger partial charge in [0.1, 0.15) is 0 Å². The maximum absolute atomic E-state index is 12.9. The van der Waals surface area contributed by atoms with Crippen molar-refractivity contribution in [2.24, 2.45) is 0 Å². The van der Waals surface area contributed by atoms with Crippen molar-refractivity contribution in [1.29, 1.82) is 0 Å². The molecule has 0 atom stereocenters. The van der Waals surface area contributed by atoms with E-state index >= 15 is 0 Å². The third kappa shape index (κ3) is 7.37. The van der Waals surface area contributed by atoms with Crippen molar-refractivity contribution in [3.8, 4) is 11.3 Å². The van der Waals surface area contributed by atoms with E-state index in [0.29, 0.717) is 34.9 Å². The van der Waals surface area contributed by atoms with E-state index in [1.54, 1.807) is 30.3 Å². The number of carbonyl (C=O) groups is 1. The van der Waals surface area contributed by atoms with Gasteiger partial charge in [-0.15, -0.1) is 0 Å². The number of hydrogen-bond acceptors (Lipinski definition) is 6. The number of carbonyl (C=O) groups excluding carboxylic acids is 1. The summed E-state index contributed by atoms with van der Waals surface area (Å²) in [4.78, 5) is 17.7. The summed E-state index contributed by atoms with van der Waals surface area (Å²) in [6.07, 6.45) is 2.74. The summed E-state index contributed by atoms with van der Waals surface area (Å²) in [5.74, 6) is -0.265. The van der Waals surface area contributed by atoms with Crippen LogP contribution < -0.4 is 10.2 Å². The van der Waals surface area contributed by atoms with Crippen LogP contribution in [0, 0.1) is 0 Å². The molecule has 0 spiro atoms. The second-order valence-corrected chi connectivity index (χ2v) is 14.3. The van der Waals surface area contributed by atoms with Gasteiger partial charge in [0.25, 0.3) is 5.91 Å². The van der Waals surface area contributed by atoms with Gasteiger partial charge >= 0.3 is 0 Å². The lowest BCUT2D eigenvalue weighted by molar-refractivity contribution is 0.102. The molecule has 236 valence electrons. The van der Waals surface area contributed by atoms with Crippen LogP contribution in [-0.4, -0.2) is 78.8 Å². The molecule has 45 heavy (non-hydrogen) atoms. The number of nitrogens with one attached hydrogen (secondary N) is 1. The van der Waals surface area contributed by atoms with Gasteiger partial charge in [-0.1, -0.05) is 53.5 Å². The first-order chi connectivity index (χ1) is 21.7. The normalized spacial score (nSPS) is 16.0. The molecule has 0 unspecified atom stereocenters. The smallest absolute Gasteiger partial charge is 0.255 e. The van der Waals surface area contributed by atoms with Crippen molar-refractivity contribution in [2.45, 2.75) is 25.9 Å². The number of aromatic nitrogens is 2. The quantitative estimate of drug-likeness (QED) is 0.249. The number of anilines is 2. The molecule has 0 radical (unpaired) electrons. The van der Waals surface area contributed by atoms with Gasteiger partial charge in [0.05, 0.1) is 22.7 Å². The highest BCUT2D eigenvalue weighted by Crippen LogP contribution is 2.35. The highest BCUT2D eigenvalue weighted by Gasteiger charge is 2.30. The molecule has 1 amide bonds. The number of sulfonamides is 1. The van der Waals surface area contributed by atoms with Gasteiger partial charge in [0.2, 0.25) is 10.0 Å². The maximum Gasteiger partial charge on any atom is 0.255 e. The molecule has 2 aliphatic heterocycles. The molecule has 1 saturated heterocycles. The molecule has 3 aromatic carbocycles. The van der Waals surface area contributed by atoms with Crippen molar-refractivity contribution in [3.05, 3.63) is 99.7 Å². The van der Waals surface area contributed by atoms with Crippen LogP contribution in [0.2, 0.25) is 10.0 Å². The van der Waals surface area contributed by atoms with Crippen LogP contribution in [0.25, 0.3) is 11.3 Å². The topological polar surface area (TPSA) is 90.8 Å². The summed E-state index contributed by atoms with van der Waals surface area (Å²) >= 11 is 12.7. The Hall–Kier alpha value is -3.41. The molecule has 6 rings (SSSR count). The molecule has 9 nitrogen and oxygen atoms in total. The van der Waals surface area contributed by atoms with E-state index in [-0.39, 0.29) is 12.5 Å². The lowest BCUT2D eigenvalue weighted by Crippen LogP contribution is -2.46. The van der Waals surface area contributed by atoms with Gasteiger partial charge in [0, 0.05) is 91.9 Å². The van der Waals surface area contributed by atoms with Gasteiger partial charge in [0.15, 0.2) is 0 Å². The molecule has 12 heteroatoms. The number of piperazine rings is 1. The minimum Gasteiger partial charge on any atom is -0.369 e. The Labute approximate surface area is 274 Å². The molecule has 1 N–H and O–H groups in total. The van der Waals surface area contributed by atoms with E-state index in [4.69, 9.17) is 28.3 Å². The molecule has 4 aromatic rings. The van der Waals surface area contributed by atoms with E-state index in [1.165, 1.54) is 10.6 Å². The molecule has 1 aromatic heterocycles. The molecule has 0 saturated carbocycles. The number of rotatable bonds is 9. The van der Waals surface area contributed by atoms with Crippen molar-refractivity contribution >= 4 is 50.5 Å². The number of hydrogen-bond donors (Lipinski definition) is 1. The standard InChI is InChI=1S/C33H36Cl2N6O3S/c1-45(43,44)40-16-13-31-28(23-40)32(25-11-12-29(35)30(21-25)36-33(42)24-7-3-2-4-8-24)37-41(31)15-6-14-38-17-19-39(20-18-38)27-10-5-9-26(34)22-27/h2-5,7-12,21-22H,6,13-20,23H2,1H3,(H,36,42). The van der Waals surface area contributed by atoms with Gasteiger partial charge in [-0.25, -0.2) is 8.42 Å². The van der Waals surface area contributed by atoms with E-state index in [9.17, 15) is 13.2 Å². The Morgan fingerprint density at radius 3 is 2.42 bits per heavy atom. The van der Waals surface area contributed by atoms with Crippen LogP contribution in [0.1, 0.15) is 28.0 Å². The number of fused-ring (bicyclic) bond motifs is 1. The Kier molecular flexibility index (Phi) is 9.49. The fourth-order valence-electron chi connectivity index (χ4n) is 6.06. The third-order valence-electron chi connectivity index (χ3n) is 8.48. The van der Waals surface area contributed by atoms with E-state index in [0.717, 1.165) is 73.2 Å². The summed E-state index contributed by atoms with van der Waals surface area (Å²) in [5, 5.41) is 9.11. The Morgan fingerprint density at radius 1 is 0.911 bits per heavy atom. The molecule has 1 fully saturated rings. The van der Waals surface area contributed by atoms with Crippen LogP contribution in [0.5, 0.6) is 0 Å². The van der Waals surface area contributed by atoms with Crippen LogP contribution in [0.15, 0.2) is 72.8 Å². The first kappa shape index (κ1) is 31.6. The molecule has 0 aliphatic carbocycles. The fraction of sp³-hybridized carbons (Fsp3) is 0.333. The van der Waals surface area contributed by atoms with Crippen LogP contribution in [0.3, 0.4) is 0 Å². The first-order valence-electron chi connectivity index (χ1n) is 15.1. The van der Waals surface area contributed by atoms with Crippen molar-refractivity contribution in [3.63, 3.8) is 0 Å². The second kappa shape index (κ2) is 13.5. The van der Waals surface area contributed by atoms with Crippen LogP contribution in [-0.2, 0) is 29.5 Å². The van der Waals surface area contributed by atoms with Gasteiger partial charge in [-0.3, -0.25) is 14.4 Å². The molecule has 3 heterocycles. The van der Waals surface area contributed by atoms with E-state index < -0.39 is 10.0 Å². The zero-order valence-corrected chi connectivity index (χ0v) is 27.5. The fourth-order valence-corrected chi connectivity index (χ4v) is 7.20. The zero-order chi connectivity index (χ0) is 31.6. The average Bonchev–Trinajstić information content (AvgIpc) is 3.40. The minimum atomic E-state index is -3.38. The number of nitrogens with zero attached hydrogens (tertiary/aromatic N) is 5. The molecule has 2 aliphatic rings. The van der Waals surface area contributed by atoms with E-state index in [1.807, 2.05) is 41.1 Å². The number of halogens is 2. The SMILES string of the molecule is CS(=O)(=O)N1CCc2c(c(-c3ccc(Cl)c(NC(=O)c4ccccc4)c3)nn2CCCN2CCN(c3cccc(Cl)c3)CC2)C1. The van der Waals surface area contributed by atoms with Crippen molar-refractivity contribution < 1.29 is 13.2 Å². The van der Waals surface area contributed by atoms with Gasteiger partial charge < -0.3 is 10.2 Å². The first-order valence-corrected chi connectivity index (χ1v) is 17.7. The summed E-state index contributed by atoms with van der Waals surface area (Å²) in [6.45, 7) is 6.18. The summed E-state index contributed by atoms with van der Waals surface area (Å²) in [5.41, 5.74) is 5.58. The maximum atomic E-state index is 12.9. The lowest BCUT2D eigenvalue weighted by Gasteiger charge is -2.36. The predicted octanol–water partition coefficient (Wildman–Crippen LogP) is 5.64. The molecular weight excluding hydrogens is 631 g/mol. The number of aryl methyl sites for hydroxylation is 1. The summed E-state index contributed by atoms with van der Waals surface area (Å²) in [6, 6.07) is 22.4. The van der Waals surface area contributed by atoms with Crippen LogP contribution >= 0.6 is 23.2 Å². The number of amides is 1. The van der Waals surface area contributed by atoms with Crippen molar-refractivity contribution in [1.82, 2.24) is 19.0 Å². The molecule has 0 bridgehead atoms. The third-order valence-corrected chi connectivity index (χ3v) is 10.3. The predicted molar refractivity (Wildman–Crippen MR) is 181 cm³/mol. The average molecular weight is 668 g/mol. The monoisotopic (exact) mass is 666 g/mol. The summed E-state index contributed by atoms with van der Waals surface area (Å²) < 4.78 is 28.5. The minimum absolute atomic E-state index is 0.253. The van der Waals surface area contributed by atoms with Crippen molar-refractivity contribution in [2.75, 3.05) is 55.7 Å². The second-order valence-electron chi connectivity index (χ2n) is 11.5. The zero-order valence-electron chi connectivity index (χ0n) is 25.1. The van der Waals surface area contributed by atoms with Crippen LogP contribution in [0.4, 0.5) is 11.4 Å². The molecular formula is C33H36Cl2N6O3S. The lowest BCUT2D eigenvalue weighted by atomic mass is 10.0. The summed E-state index contributed by atoms with van der Waals surface area (Å²) in [7, 11) is -3.38. The highest BCUT2D eigenvalue weighted by atomic mass is 35.5. The van der Waals surface area contributed by atoms with E-state index in [2.05, 4.69) is 21.2 Å². The largest absolute Gasteiger partial charge is 0.369 e. The van der Waals surface area contributed by atoms with Gasteiger partial charge in [-0.05, 0) is 48.9 Å². The highest BCUT2D eigenvalue weighted by molar-refractivity contribution is 7.88. The Bertz CT molecular complexity index is 1790. The van der Waals surface area contributed by atoms with Gasteiger partial charge in [-0.2, -0.15) is 9.40 Å².